The molecule has 0 aliphatic carbocycles. The lowest BCUT2D eigenvalue weighted by Crippen LogP contribution is -2.21. The van der Waals surface area contributed by atoms with Gasteiger partial charge in [-0.1, -0.05) is 0 Å². The van der Waals surface area contributed by atoms with Crippen LogP contribution in [-0.4, -0.2) is 42.8 Å². The molecule has 0 bridgehead atoms. The van der Waals surface area contributed by atoms with Gasteiger partial charge in [0.05, 0.1) is 15.4 Å². The van der Waals surface area contributed by atoms with Crippen molar-refractivity contribution in [2.45, 2.75) is 17.7 Å². The van der Waals surface area contributed by atoms with Crippen LogP contribution in [-0.2, 0) is 9.53 Å². The van der Waals surface area contributed by atoms with Crippen LogP contribution in [0.2, 0.25) is 0 Å². The Hall–Kier alpha value is -3.07. The first-order valence-electron chi connectivity index (χ1n) is 9.12. The van der Waals surface area contributed by atoms with E-state index in [0.717, 1.165) is 24.8 Å². The molecule has 152 valence electrons. The van der Waals surface area contributed by atoms with Crippen LogP contribution in [0.3, 0.4) is 0 Å². The molecule has 0 unspecified atom stereocenters. The molecule has 8 nitrogen and oxygen atoms in total. The quantitative estimate of drug-likeness (QED) is 0.318. The van der Waals surface area contributed by atoms with Crippen molar-refractivity contribution in [3.8, 4) is 0 Å². The summed E-state index contributed by atoms with van der Waals surface area (Å²) in [6.45, 7) is 1.60. The fourth-order valence-corrected chi connectivity index (χ4v) is 3.65. The second-order valence-corrected chi connectivity index (χ2v) is 7.36. The van der Waals surface area contributed by atoms with Gasteiger partial charge >= 0.3 is 5.97 Å². The summed E-state index contributed by atoms with van der Waals surface area (Å²) in [6, 6.07) is 11.6. The minimum Gasteiger partial charge on any atom is -0.452 e. The standard InChI is InChI=1S/C20H21N3O5S/c1-29-18-9-4-14(12-17(18)23(26)27)20(25)28-13-19(24)21-15-5-7-16(8-6-15)22-10-2-3-11-22/h4-9,12H,2-3,10-11,13H2,1H3,(H,21,24). The number of nitro benzene ring substituents is 1. The van der Waals surface area contributed by atoms with Crippen LogP contribution in [0, 0.1) is 10.1 Å². The number of hydrogen-bond donors (Lipinski definition) is 1. The lowest BCUT2D eigenvalue weighted by atomic mass is 10.2. The van der Waals surface area contributed by atoms with E-state index in [1.165, 1.54) is 36.7 Å². The Kier molecular flexibility index (Phi) is 6.71. The number of hydrogen-bond acceptors (Lipinski definition) is 7. The number of nitrogens with zero attached hydrogens (tertiary/aromatic N) is 2. The van der Waals surface area contributed by atoms with Crippen molar-refractivity contribution in [3.05, 3.63) is 58.1 Å². The van der Waals surface area contributed by atoms with Crippen molar-refractivity contribution in [3.63, 3.8) is 0 Å². The van der Waals surface area contributed by atoms with Gasteiger partial charge in [0, 0.05) is 30.5 Å². The second-order valence-electron chi connectivity index (χ2n) is 6.51. The van der Waals surface area contributed by atoms with E-state index in [1.807, 2.05) is 12.1 Å². The predicted molar refractivity (Wildman–Crippen MR) is 112 cm³/mol. The monoisotopic (exact) mass is 415 g/mol. The second kappa shape index (κ2) is 9.42. The largest absolute Gasteiger partial charge is 0.452 e. The highest BCUT2D eigenvalue weighted by Crippen LogP contribution is 2.28. The van der Waals surface area contributed by atoms with E-state index in [4.69, 9.17) is 4.74 Å². The molecule has 1 aliphatic rings. The highest BCUT2D eigenvalue weighted by Gasteiger charge is 2.18. The molecule has 1 fully saturated rings. The molecule has 0 radical (unpaired) electrons. The zero-order valence-corrected chi connectivity index (χ0v) is 16.7. The zero-order valence-electron chi connectivity index (χ0n) is 15.9. The number of anilines is 2. The van der Waals surface area contributed by atoms with Crippen LogP contribution in [0.1, 0.15) is 23.2 Å². The SMILES string of the molecule is CSc1ccc(C(=O)OCC(=O)Nc2ccc(N3CCCC3)cc2)cc1[N+](=O)[O-]. The number of thioether (sulfide) groups is 1. The summed E-state index contributed by atoms with van der Waals surface area (Å²) < 4.78 is 4.99. The van der Waals surface area contributed by atoms with Crippen molar-refractivity contribution in [1.82, 2.24) is 0 Å². The molecule has 1 amide bonds. The first-order valence-corrected chi connectivity index (χ1v) is 10.3. The van der Waals surface area contributed by atoms with Crippen molar-refractivity contribution in [2.24, 2.45) is 0 Å². The molecule has 1 aliphatic heterocycles. The zero-order chi connectivity index (χ0) is 20.8. The van der Waals surface area contributed by atoms with Gasteiger partial charge in [0.2, 0.25) is 0 Å². The fraction of sp³-hybridized carbons (Fsp3) is 0.300. The van der Waals surface area contributed by atoms with Gasteiger partial charge in [-0.25, -0.2) is 4.79 Å². The summed E-state index contributed by atoms with van der Waals surface area (Å²) in [5.74, 6) is -1.28. The summed E-state index contributed by atoms with van der Waals surface area (Å²) in [6.07, 6.45) is 4.09. The number of amides is 1. The van der Waals surface area contributed by atoms with Gasteiger partial charge in [0.15, 0.2) is 6.61 Å². The maximum absolute atomic E-state index is 12.1. The van der Waals surface area contributed by atoms with E-state index >= 15 is 0 Å². The molecule has 2 aromatic rings. The highest BCUT2D eigenvalue weighted by atomic mass is 32.2. The molecule has 9 heteroatoms. The number of nitrogens with one attached hydrogen (secondary N) is 1. The number of carbonyl (C=O) groups is 2. The molecule has 0 saturated carbocycles. The number of rotatable bonds is 7. The van der Waals surface area contributed by atoms with Gasteiger partial charge in [-0.2, -0.15) is 0 Å². The van der Waals surface area contributed by atoms with Crippen molar-refractivity contribution in [1.29, 1.82) is 0 Å². The van der Waals surface area contributed by atoms with Gasteiger partial charge in [0.1, 0.15) is 0 Å². The van der Waals surface area contributed by atoms with Gasteiger partial charge in [-0.3, -0.25) is 14.9 Å². The maximum Gasteiger partial charge on any atom is 0.338 e. The number of esters is 1. The maximum atomic E-state index is 12.1. The average Bonchev–Trinajstić information content (AvgIpc) is 3.27. The van der Waals surface area contributed by atoms with Crippen LogP contribution in [0.15, 0.2) is 47.4 Å². The molecular weight excluding hydrogens is 394 g/mol. The molecule has 1 heterocycles. The molecule has 1 saturated heterocycles. The molecule has 3 rings (SSSR count). The van der Waals surface area contributed by atoms with Crippen LogP contribution in [0.5, 0.6) is 0 Å². The van der Waals surface area contributed by atoms with Crippen molar-refractivity contribution >= 4 is 40.7 Å². The smallest absolute Gasteiger partial charge is 0.338 e. The Bertz CT molecular complexity index is 911. The molecule has 29 heavy (non-hydrogen) atoms. The van der Waals surface area contributed by atoms with Crippen LogP contribution in [0.25, 0.3) is 0 Å². The summed E-state index contributed by atoms with van der Waals surface area (Å²) >= 11 is 1.21. The molecule has 0 aromatic heterocycles. The molecule has 2 aromatic carbocycles. The third kappa shape index (κ3) is 5.26. The molecular formula is C20H21N3O5S. The fourth-order valence-electron chi connectivity index (χ4n) is 3.10. The Balaban J connectivity index is 1.54. The molecule has 0 atom stereocenters. The van der Waals surface area contributed by atoms with Gasteiger partial charge in [-0.05, 0) is 55.5 Å². The minimum absolute atomic E-state index is 0.0252. The Morgan fingerprint density at radius 2 is 1.86 bits per heavy atom. The van der Waals surface area contributed by atoms with Gasteiger partial charge in [0.25, 0.3) is 11.6 Å². The Morgan fingerprint density at radius 1 is 1.17 bits per heavy atom. The van der Waals surface area contributed by atoms with Gasteiger partial charge in [-0.15, -0.1) is 11.8 Å². The summed E-state index contributed by atoms with van der Waals surface area (Å²) in [5.41, 5.74) is 1.57. The normalized spacial score (nSPS) is 13.2. The third-order valence-electron chi connectivity index (χ3n) is 4.57. The molecule has 1 N–H and O–H groups in total. The lowest BCUT2D eigenvalue weighted by Gasteiger charge is -2.17. The first kappa shape index (κ1) is 20.7. The van der Waals surface area contributed by atoms with E-state index < -0.39 is 23.4 Å². The van der Waals surface area contributed by atoms with Crippen LogP contribution >= 0.6 is 11.8 Å². The van der Waals surface area contributed by atoms with Gasteiger partial charge < -0.3 is 15.0 Å². The Labute approximate surface area is 172 Å². The first-order chi connectivity index (χ1) is 14.0. The summed E-state index contributed by atoms with van der Waals surface area (Å²) in [5, 5.41) is 13.8. The number of carbonyl (C=O) groups excluding carboxylic acids is 2. The van der Waals surface area contributed by atoms with E-state index in [2.05, 4.69) is 10.2 Å². The summed E-state index contributed by atoms with van der Waals surface area (Å²) in [4.78, 5) is 37.5. The average molecular weight is 415 g/mol. The Morgan fingerprint density at radius 3 is 2.48 bits per heavy atom. The van der Waals surface area contributed by atoms with Crippen molar-refractivity contribution < 1.29 is 19.2 Å². The van der Waals surface area contributed by atoms with E-state index in [-0.39, 0.29) is 11.3 Å². The minimum atomic E-state index is -0.791. The lowest BCUT2D eigenvalue weighted by molar-refractivity contribution is -0.387. The predicted octanol–water partition coefficient (Wildman–Crippen LogP) is 3.71. The van der Waals surface area contributed by atoms with Crippen LogP contribution < -0.4 is 10.2 Å². The number of ether oxygens (including phenoxy) is 1. The van der Waals surface area contributed by atoms with E-state index in [0.29, 0.717) is 10.6 Å². The van der Waals surface area contributed by atoms with E-state index in [9.17, 15) is 19.7 Å². The topological polar surface area (TPSA) is 102 Å². The summed E-state index contributed by atoms with van der Waals surface area (Å²) in [7, 11) is 0. The number of nitro groups is 1. The molecule has 0 spiro atoms. The van der Waals surface area contributed by atoms with Crippen LogP contribution in [0.4, 0.5) is 17.1 Å². The van der Waals surface area contributed by atoms with Crippen molar-refractivity contribution in [2.75, 3.05) is 36.2 Å². The number of benzene rings is 2. The van der Waals surface area contributed by atoms with E-state index in [1.54, 1.807) is 18.4 Å². The highest BCUT2D eigenvalue weighted by molar-refractivity contribution is 7.98. The third-order valence-corrected chi connectivity index (χ3v) is 5.35.